The van der Waals surface area contributed by atoms with Crippen molar-refractivity contribution in [3.05, 3.63) is 29.8 Å². The van der Waals surface area contributed by atoms with E-state index in [1.165, 1.54) is 18.3 Å². The Bertz CT molecular complexity index is 442. The molecule has 0 unspecified atom stereocenters. The molecule has 1 aliphatic heterocycles. The Morgan fingerprint density at radius 1 is 1.45 bits per heavy atom. The van der Waals surface area contributed by atoms with Gasteiger partial charge in [-0.3, -0.25) is 9.69 Å². The first kappa shape index (κ1) is 14.9. The van der Waals surface area contributed by atoms with Gasteiger partial charge in [-0.1, -0.05) is 0 Å². The van der Waals surface area contributed by atoms with Gasteiger partial charge >= 0.3 is 0 Å². The standard InChI is InChI=1S/C14H20FN3O2/c1-10-8-18(9-11(2)20-10)6-5-16-14(19)12-3-4-13(15)17-7-12/h3-4,7,10-11H,5-6,8-9H2,1-2H3,(H,16,19)/t10-,11-/m1/s1. The predicted octanol–water partition coefficient (Wildman–Crippen LogP) is 1.06. The average Bonchev–Trinajstić information content (AvgIpc) is 2.38. The molecule has 0 spiro atoms. The van der Waals surface area contributed by atoms with Gasteiger partial charge < -0.3 is 10.1 Å². The van der Waals surface area contributed by atoms with Gasteiger partial charge in [-0.15, -0.1) is 0 Å². The van der Waals surface area contributed by atoms with E-state index in [2.05, 4.69) is 15.2 Å². The molecule has 1 saturated heterocycles. The van der Waals surface area contributed by atoms with E-state index in [1.807, 2.05) is 13.8 Å². The molecular weight excluding hydrogens is 261 g/mol. The molecule has 1 aromatic heterocycles. The number of morpholine rings is 1. The molecule has 1 amide bonds. The van der Waals surface area contributed by atoms with Crippen molar-refractivity contribution in [3.8, 4) is 0 Å². The van der Waals surface area contributed by atoms with E-state index >= 15 is 0 Å². The molecule has 0 bridgehead atoms. The Morgan fingerprint density at radius 3 is 2.75 bits per heavy atom. The third kappa shape index (κ3) is 4.25. The van der Waals surface area contributed by atoms with Crippen molar-refractivity contribution >= 4 is 5.91 Å². The minimum atomic E-state index is -0.585. The molecule has 0 aliphatic carbocycles. The first-order valence-corrected chi connectivity index (χ1v) is 6.82. The summed E-state index contributed by atoms with van der Waals surface area (Å²) in [6, 6.07) is 2.61. The molecule has 110 valence electrons. The highest BCUT2D eigenvalue weighted by atomic mass is 19.1. The SMILES string of the molecule is C[C@@H]1CN(CCNC(=O)c2ccc(F)nc2)C[C@@H](C)O1. The normalized spacial score (nSPS) is 23.6. The van der Waals surface area contributed by atoms with Gasteiger partial charge in [-0.05, 0) is 26.0 Å². The number of carbonyl (C=O) groups excluding carboxylic acids is 1. The fourth-order valence-electron chi connectivity index (χ4n) is 2.41. The molecular formula is C14H20FN3O2. The maximum Gasteiger partial charge on any atom is 0.252 e. The average molecular weight is 281 g/mol. The summed E-state index contributed by atoms with van der Waals surface area (Å²) in [5.74, 6) is -0.815. The fraction of sp³-hybridized carbons (Fsp3) is 0.571. The zero-order valence-electron chi connectivity index (χ0n) is 11.8. The van der Waals surface area contributed by atoms with E-state index < -0.39 is 5.95 Å². The van der Waals surface area contributed by atoms with Crippen LogP contribution in [0.4, 0.5) is 4.39 Å². The van der Waals surface area contributed by atoms with Gasteiger partial charge in [0.1, 0.15) is 0 Å². The van der Waals surface area contributed by atoms with Crippen LogP contribution >= 0.6 is 0 Å². The summed E-state index contributed by atoms with van der Waals surface area (Å²) >= 11 is 0. The van der Waals surface area contributed by atoms with Crippen LogP contribution in [-0.4, -0.2) is 54.2 Å². The van der Waals surface area contributed by atoms with Gasteiger partial charge in [0, 0.05) is 32.4 Å². The van der Waals surface area contributed by atoms with Crippen molar-refractivity contribution in [2.24, 2.45) is 0 Å². The second-order valence-corrected chi connectivity index (χ2v) is 5.14. The van der Waals surface area contributed by atoms with Crippen LogP contribution in [0.3, 0.4) is 0 Å². The quantitative estimate of drug-likeness (QED) is 0.839. The molecule has 20 heavy (non-hydrogen) atoms. The molecule has 1 fully saturated rings. The number of nitrogens with one attached hydrogen (secondary N) is 1. The number of aromatic nitrogens is 1. The highest BCUT2D eigenvalue weighted by Gasteiger charge is 2.21. The first-order valence-electron chi connectivity index (χ1n) is 6.82. The summed E-state index contributed by atoms with van der Waals surface area (Å²) in [7, 11) is 0. The van der Waals surface area contributed by atoms with Crippen LogP contribution in [0, 0.1) is 5.95 Å². The second-order valence-electron chi connectivity index (χ2n) is 5.14. The smallest absolute Gasteiger partial charge is 0.252 e. The van der Waals surface area contributed by atoms with Gasteiger partial charge in [-0.2, -0.15) is 4.39 Å². The van der Waals surface area contributed by atoms with Crippen molar-refractivity contribution in [2.45, 2.75) is 26.1 Å². The largest absolute Gasteiger partial charge is 0.373 e. The summed E-state index contributed by atoms with van der Waals surface area (Å²) < 4.78 is 18.3. The van der Waals surface area contributed by atoms with Crippen LogP contribution in [0.1, 0.15) is 24.2 Å². The Morgan fingerprint density at radius 2 is 2.15 bits per heavy atom. The maximum absolute atomic E-state index is 12.7. The minimum Gasteiger partial charge on any atom is -0.373 e. The number of ether oxygens (including phenoxy) is 1. The van der Waals surface area contributed by atoms with Gasteiger partial charge in [0.05, 0.1) is 17.8 Å². The lowest BCUT2D eigenvalue weighted by Crippen LogP contribution is -2.47. The lowest BCUT2D eigenvalue weighted by molar-refractivity contribution is -0.0672. The molecule has 0 radical (unpaired) electrons. The second kappa shape index (κ2) is 6.76. The van der Waals surface area contributed by atoms with Gasteiger partial charge in [0.15, 0.2) is 0 Å². The van der Waals surface area contributed by atoms with Gasteiger partial charge in [0.2, 0.25) is 5.95 Å². The van der Waals surface area contributed by atoms with E-state index in [4.69, 9.17) is 4.74 Å². The van der Waals surface area contributed by atoms with Crippen LogP contribution < -0.4 is 5.32 Å². The van der Waals surface area contributed by atoms with Crippen LogP contribution in [0.2, 0.25) is 0 Å². The van der Waals surface area contributed by atoms with E-state index in [1.54, 1.807) is 0 Å². The first-order chi connectivity index (χ1) is 9.54. The fourth-order valence-corrected chi connectivity index (χ4v) is 2.41. The third-order valence-electron chi connectivity index (χ3n) is 3.20. The molecule has 1 aliphatic rings. The number of halogens is 1. The van der Waals surface area contributed by atoms with Crippen molar-refractivity contribution < 1.29 is 13.9 Å². The van der Waals surface area contributed by atoms with Gasteiger partial charge in [-0.25, -0.2) is 4.98 Å². The number of amides is 1. The minimum absolute atomic E-state index is 0.218. The zero-order chi connectivity index (χ0) is 14.5. The number of hydrogen-bond donors (Lipinski definition) is 1. The number of hydrogen-bond acceptors (Lipinski definition) is 4. The molecule has 0 aromatic carbocycles. The summed E-state index contributed by atoms with van der Waals surface area (Å²) in [6.45, 7) is 7.17. The number of rotatable bonds is 4. The van der Waals surface area contributed by atoms with E-state index in [9.17, 15) is 9.18 Å². The van der Waals surface area contributed by atoms with Crippen molar-refractivity contribution in [3.63, 3.8) is 0 Å². The lowest BCUT2D eigenvalue weighted by atomic mass is 10.2. The molecule has 1 aromatic rings. The number of nitrogens with zero attached hydrogens (tertiary/aromatic N) is 2. The Kier molecular flexibility index (Phi) is 5.03. The van der Waals surface area contributed by atoms with Gasteiger partial charge in [0.25, 0.3) is 5.91 Å². The number of carbonyl (C=O) groups is 1. The van der Waals surface area contributed by atoms with Crippen molar-refractivity contribution in [1.29, 1.82) is 0 Å². The Hall–Kier alpha value is -1.53. The van der Waals surface area contributed by atoms with Crippen molar-refractivity contribution in [2.75, 3.05) is 26.2 Å². The molecule has 2 heterocycles. The summed E-state index contributed by atoms with van der Waals surface area (Å²) in [4.78, 5) is 17.5. The van der Waals surface area contributed by atoms with E-state index in [0.717, 1.165) is 19.6 Å². The predicted molar refractivity (Wildman–Crippen MR) is 73.0 cm³/mol. The number of pyridine rings is 1. The highest BCUT2D eigenvalue weighted by Crippen LogP contribution is 2.09. The topological polar surface area (TPSA) is 54.5 Å². The summed E-state index contributed by atoms with van der Waals surface area (Å²) in [5.41, 5.74) is 0.370. The van der Waals surface area contributed by atoms with E-state index in [-0.39, 0.29) is 18.1 Å². The third-order valence-corrected chi connectivity index (χ3v) is 3.20. The van der Waals surface area contributed by atoms with Crippen LogP contribution in [0.25, 0.3) is 0 Å². The van der Waals surface area contributed by atoms with E-state index in [0.29, 0.717) is 12.1 Å². The molecule has 5 nitrogen and oxygen atoms in total. The van der Waals surface area contributed by atoms with Crippen LogP contribution in [0.15, 0.2) is 18.3 Å². The molecule has 6 heteroatoms. The lowest BCUT2D eigenvalue weighted by Gasteiger charge is -2.35. The van der Waals surface area contributed by atoms with Crippen molar-refractivity contribution in [1.82, 2.24) is 15.2 Å². The van der Waals surface area contributed by atoms with Crippen LogP contribution in [-0.2, 0) is 4.74 Å². The Balaban J connectivity index is 1.75. The molecule has 2 rings (SSSR count). The monoisotopic (exact) mass is 281 g/mol. The maximum atomic E-state index is 12.7. The van der Waals surface area contributed by atoms with Crippen LogP contribution in [0.5, 0.6) is 0 Å². The summed E-state index contributed by atoms with van der Waals surface area (Å²) in [5, 5.41) is 2.81. The molecule has 0 saturated carbocycles. The Labute approximate surface area is 118 Å². The summed E-state index contributed by atoms with van der Waals surface area (Å²) in [6.07, 6.45) is 1.68. The molecule has 2 atom stereocenters. The highest BCUT2D eigenvalue weighted by molar-refractivity contribution is 5.93. The zero-order valence-corrected chi connectivity index (χ0v) is 11.8. The molecule has 1 N–H and O–H groups in total.